The van der Waals surface area contributed by atoms with Crippen LogP contribution in [0.4, 0.5) is 4.39 Å². The molecular weight excluding hydrogens is 155 g/mol. The lowest BCUT2D eigenvalue weighted by Crippen LogP contribution is -2.25. The van der Waals surface area contributed by atoms with Crippen LogP contribution in [-0.2, 0) is 6.54 Å². The van der Waals surface area contributed by atoms with Gasteiger partial charge in [-0.05, 0) is 13.1 Å². The minimum Gasteiger partial charge on any atom is -0.308 e. The number of hydrogen-bond donors (Lipinski definition) is 2. The van der Waals surface area contributed by atoms with Crippen molar-refractivity contribution in [2.45, 2.75) is 6.54 Å². The van der Waals surface area contributed by atoms with Crippen molar-refractivity contribution in [3.63, 3.8) is 0 Å². The fraction of sp³-hybridized carbons (Fsp3) is 0.333. The van der Waals surface area contributed by atoms with Gasteiger partial charge in [0.2, 0.25) is 0 Å². The Morgan fingerprint density at radius 1 is 1.33 bits per heavy atom. The molecule has 0 aromatic heterocycles. The summed E-state index contributed by atoms with van der Waals surface area (Å²) < 4.78 is 13.0. The number of rotatable bonds is 4. The van der Waals surface area contributed by atoms with Crippen LogP contribution in [-0.4, -0.2) is 13.7 Å². The van der Waals surface area contributed by atoms with Crippen LogP contribution in [0.15, 0.2) is 24.3 Å². The van der Waals surface area contributed by atoms with Gasteiger partial charge in [-0.15, -0.1) is 0 Å². The summed E-state index contributed by atoms with van der Waals surface area (Å²) in [7, 11) is 1.84. The second-order valence-corrected chi connectivity index (χ2v) is 2.55. The average molecular weight is 168 g/mol. The molecule has 0 unspecified atom stereocenters. The normalized spacial score (nSPS) is 10.2. The van der Waals surface area contributed by atoms with E-state index in [4.69, 9.17) is 0 Å². The standard InChI is InChI=1S/C9H13FN2/c1-11-7-12-6-8-4-2-3-5-9(8)10/h2-5,11-12H,6-7H2,1H3. The lowest BCUT2D eigenvalue weighted by atomic mass is 10.2. The monoisotopic (exact) mass is 168 g/mol. The van der Waals surface area contributed by atoms with Crippen molar-refractivity contribution in [1.82, 2.24) is 10.6 Å². The van der Waals surface area contributed by atoms with E-state index in [9.17, 15) is 4.39 Å². The predicted molar refractivity (Wildman–Crippen MR) is 47.2 cm³/mol. The Labute approximate surface area is 71.8 Å². The first kappa shape index (κ1) is 9.16. The Morgan fingerprint density at radius 2 is 2.08 bits per heavy atom. The highest BCUT2D eigenvalue weighted by Crippen LogP contribution is 2.04. The molecule has 1 aromatic carbocycles. The Balaban J connectivity index is 2.46. The molecule has 2 N–H and O–H groups in total. The molecule has 0 aliphatic carbocycles. The molecule has 0 atom stereocenters. The van der Waals surface area contributed by atoms with Gasteiger partial charge in [0.1, 0.15) is 5.82 Å². The summed E-state index contributed by atoms with van der Waals surface area (Å²) in [6.45, 7) is 1.25. The second kappa shape index (κ2) is 4.85. The van der Waals surface area contributed by atoms with E-state index < -0.39 is 0 Å². The molecule has 0 radical (unpaired) electrons. The third-order valence-corrected chi connectivity index (χ3v) is 1.58. The van der Waals surface area contributed by atoms with Gasteiger partial charge in [-0.2, -0.15) is 0 Å². The molecule has 1 rings (SSSR count). The first-order chi connectivity index (χ1) is 5.84. The van der Waals surface area contributed by atoms with Crippen molar-refractivity contribution >= 4 is 0 Å². The highest BCUT2D eigenvalue weighted by atomic mass is 19.1. The molecule has 0 fully saturated rings. The summed E-state index contributed by atoms with van der Waals surface area (Å²) in [5.41, 5.74) is 0.702. The summed E-state index contributed by atoms with van der Waals surface area (Å²) in [5, 5.41) is 5.96. The predicted octanol–water partition coefficient (Wildman–Crippen LogP) is 1.09. The first-order valence-electron chi connectivity index (χ1n) is 3.93. The van der Waals surface area contributed by atoms with Gasteiger partial charge in [-0.3, -0.25) is 0 Å². The average Bonchev–Trinajstić information content (AvgIpc) is 2.09. The summed E-state index contributed by atoms with van der Waals surface area (Å²) in [6, 6.07) is 6.77. The maximum absolute atomic E-state index is 13.0. The maximum Gasteiger partial charge on any atom is 0.127 e. The van der Waals surface area contributed by atoms with Gasteiger partial charge in [0, 0.05) is 18.8 Å². The van der Waals surface area contributed by atoms with Crippen molar-refractivity contribution in [2.24, 2.45) is 0 Å². The van der Waals surface area contributed by atoms with Crippen LogP contribution in [0.3, 0.4) is 0 Å². The zero-order valence-corrected chi connectivity index (χ0v) is 7.10. The van der Waals surface area contributed by atoms with Crippen LogP contribution >= 0.6 is 0 Å². The number of halogens is 1. The molecule has 0 heterocycles. The van der Waals surface area contributed by atoms with Gasteiger partial charge in [0.15, 0.2) is 0 Å². The number of benzene rings is 1. The van der Waals surface area contributed by atoms with Crippen molar-refractivity contribution < 1.29 is 4.39 Å². The molecular formula is C9H13FN2. The molecule has 66 valence electrons. The summed E-state index contributed by atoms with van der Waals surface area (Å²) in [5.74, 6) is -0.152. The quantitative estimate of drug-likeness (QED) is 0.519. The van der Waals surface area contributed by atoms with E-state index in [1.165, 1.54) is 6.07 Å². The Kier molecular flexibility index (Phi) is 3.70. The molecule has 0 saturated heterocycles. The minimum atomic E-state index is -0.152. The van der Waals surface area contributed by atoms with Gasteiger partial charge in [0.05, 0.1) is 0 Å². The number of nitrogens with one attached hydrogen (secondary N) is 2. The van der Waals surface area contributed by atoms with Crippen molar-refractivity contribution in [3.8, 4) is 0 Å². The minimum absolute atomic E-state index is 0.152. The van der Waals surface area contributed by atoms with Crippen molar-refractivity contribution in [1.29, 1.82) is 0 Å². The zero-order valence-electron chi connectivity index (χ0n) is 7.10. The SMILES string of the molecule is CNCNCc1ccccc1F. The molecule has 0 aliphatic heterocycles. The molecule has 0 spiro atoms. The lowest BCUT2D eigenvalue weighted by Gasteiger charge is -2.04. The third kappa shape index (κ3) is 2.60. The maximum atomic E-state index is 13.0. The van der Waals surface area contributed by atoms with E-state index in [0.29, 0.717) is 18.8 Å². The van der Waals surface area contributed by atoms with Crippen LogP contribution in [0.25, 0.3) is 0 Å². The summed E-state index contributed by atoms with van der Waals surface area (Å²) >= 11 is 0. The Morgan fingerprint density at radius 3 is 2.75 bits per heavy atom. The fourth-order valence-electron chi connectivity index (χ4n) is 0.964. The molecule has 1 aromatic rings. The third-order valence-electron chi connectivity index (χ3n) is 1.58. The Bertz CT molecular complexity index is 238. The van der Waals surface area contributed by atoms with E-state index >= 15 is 0 Å². The van der Waals surface area contributed by atoms with Gasteiger partial charge < -0.3 is 10.6 Å². The van der Waals surface area contributed by atoms with Gasteiger partial charge >= 0.3 is 0 Å². The molecule has 12 heavy (non-hydrogen) atoms. The number of hydrogen-bond acceptors (Lipinski definition) is 2. The molecule has 0 aliphatic rings. The fourth-order valence-corrected chi connectivity index (χ4v) is 0.964. The van der Waals surface area contributed by atoms with Crippen LogP contribution < -0.4 is 10.6 Å². The van der Waals surface area contributed by atoms with E-state index in [1.54, 1.807) is 12.1 Å². The summed E-state index contributed by atoms with van der Waals surface area (Å²) in [4.78, 5) is 0. The first-order valence-corrected chi connectivity index (χ1v) is 3.93. The molecule has 2 nitrogen and oxygen atoms in total. The van der Waals surface area contributed by atoms with Crippen LogP contribution in [0, 0.1) is 5.82 Å². The van der Waals surface area contributed by atoms with Gasteiger partial charge in [-0.1, -0.05) is 18.2 Å². The van der Waals surface area contributed by atoms with E-state index in [0.717, 1.165) is 0 Å². The molecule has 0 amide bonds. The van der Waals surface area contributed by atoms with E-state index in [-0.39, 0.29) is 5.82 Å². The Hall–Kier alpha value is -0.930. The van der Waals surface area contributed by atoms with Crippen molar-refractivity contribution in [3.05, 3.63) is 35.6 Å². The highest BCUT2D eigenvalue weighted by molar-refractivity contribution is 5.16. The molecule has 0 bridgehead atoms. The lowest BCUT2D eigenvalue weighted by molar-refractivity contribution is 0.575. The topological polar surface area (TPSA) is 24.1 Å². The molecule has 3 heteroatoms. The van der Waals surface area contributed by atoms with Crippen LogP contribution in [0.5, 0.6) is 0 Å². The van der Waals surface area contributed by atoms with Crippen molar-refractivity contribution in [2.75, 3.05) is 13.7 Å². The van der Waals surface area contributed by atoms with Crippen LogP contribution in [0.1, 0.15) is 5.56 Å². The summed E-state index contributed by atoms with van der Waals surface area (Å²) in [6.07, 6.45) is 0. The zero-order chi connectivity index (χ0) is 8.81. The highest BCUT2D eigenvalue weighted by Gasteiger charge is 1.97. The van der Waals surface area contributed by atoms with E-state index in [1.807, 2.05) is 13.1 Å². The second-order valence-electron chi connectivity index (χ2n) is 2.55. The van der Waals surface area contributed by atoms with Gasteiger partial charge in [0.25, 0.3) is 0 Å². The largest absolute Gasteiger partial charge is 0.308 e. The van der Waals surface area contributed by atoms with Gasteiger partial charge in [-0.25, -0.2) is 4.39 Å². The smallest absolute Gasteiger partial charge is 0.127 e. The van der Waals surface area contributed by atoms with Crippen LogP contribution in [0.2, 0.25) is 0 Å². The molecule has 0 saturated carbocycles. The van der Waals surface area contributed by atoms with E-state index in [2.05, 4.69) is 10.6 Å².